The molecular weight excluding hydrogens is 356 g/mol. The van der Waals surface area contributed by atoms with E-state index in [0.717, 1.165) is 55.2 Å². The maximum atomic E-state index is 12.6. The molecule has 0 spiro atoms. The van der Waals surface area contributed by atoms with Gasteiger partial charge in [-0.3, -0.25) is 4.79 Å². The normalized spacial score (nSPS) is 23.4. The van der Waals surface area contributed by atoms with Crippen molar-refractivity contribution in [2.45, 2.75) is 32.0 Å². The van der Waals surface area contributed by atoms with E-state index in [-0.39, 0.29) is 12.2 Å². The highest BCUT2D eigenvalue weighted by Gasteiger charge is 2.39. The van der Waals surface area contributed by atoms with Gasteiger partial charge in [-0.2, -0.15) is 0 Å². The molecule has 0 aliphatic carbocycles. The number of nitrogens with zero attached hydrogens (tertiary/aromatic N) is 3. The Morgan fingerprint density at radius 2 is 1.96 bits per heavy atom. The predicted octanol–water partition coefficient (Wildman–Crippen LogP) is 0.593. The number of aliphatic hydroxyl groups is 1. The zero-order valence-corrected chi connectivity index (χ0v) is 15.5. The van der Waals surface area contributed by atoms with Gasteiger partial charge in [0.25, 0.3) is 5.56 Å². The Morgan fingerprint density at radius 3 is 2.75 bits per heavy atom. The van der Waals surface area contributed by atoms with Crippen LogP contribution in [0.4, 0.5) is 0 Å². The van der Waals surface area contributed by atoms with Crippen molar-refractivity contribution in [3.63, 3.8) is 0 Å². The predicted molar refractivity (Wildman–Crippen MR) is 102 cm³/mol. The highest BCUT2D eigenvalue weighted by atomic mass is 16.4. The monoisotopic (exact) mass is 379 g/mol. The molecule has 1 fully saturated rings. The number of quaternary nitrogens is 1. The Labute approximate surface area is 162 Å². The summed E-state index contributed by atoms with van der Waals surface area (Å²) >= 11 is 0. The summed E-state index contributed by atoms with van der Waals surface area (Å²) in [6, 6.07) is 7.37. The highest BCUT2D eigenvalue weighted by molar-refractivity contribution is 5.65. The lowest BCUT2D eigenvalue weighted by Gasteiger charge is -2.41. The number of furan rings is 1. The van der Waals surface area contributed by atoms with Crippen LogP contribution in [0.15, 0.2) is 52.2 Å². The van der Waals surface area contributed by atoms with Crippen LogP contribution >= 0.6 is 0 Å². The van der Waals surface area contributed by atoms with Gasteiger partial charge in [0.15, 0.2) is 5.76 Å². The van der Waals surface area contributed by atoms with E-state index < -0.39 is 0 Å². The summed E-state index contributed by atoms with van der Waals surface area (Å²) < 4.78 is 7.66. The second kappa shape index (κ2) is 7.00. The van der Waals surface area contributed by atoms with Gasteiger partial charge in [0, 0.05) is 53.7 Å². The Morgan fingerprint density at radius 1 is 1.14 bits per heavy atom. The molecule has 3 atom stereocenters. The van der Waals surface area contributed by atoms with Crippen molar-refractivity contribution in [3.8, 4) is 11.1 Å². The number of aromatic nitrogens is 3. The molecule has 28 heavy (non-hydrogen) atoms. The van der Waals surface area contributed by atoms with Crippen molar-refractivity contribution in [2.24, 2.45) is 5.92 Å². The standard InChI is InChI=1S/C21H22N4O3/c26-12-18-2-1-17(28-18)11-24-8-14-5-15(10-24)21-19(16-6-22-13-23-7-16)3-4-20(27)25(21)9-14/h1-4,6-7,13-15,26H,5,8-12H2/p+1/t14-,15+/m0/s1. The second-order valence-corrected chi connectivity index (χ2v) is 7.87. The van der Waals surface area contributed by atoms with Gasteiger partial charge in [0.05, 0.1) is 13.1 Å². The van der Waals surface area contributed by atoms with E-state index in [1.54, 1.807) is 6.07 Å². The van der Waals surface area contributed by atoms with Crippen LogP contribution in [0.25, 0.3) is 11.1 Å². The topological polar surface area (TPSA) is 85.6 Å². The van der Waals surface area contributed by atoms with Crippen molar-refractivity contribution in [1.82, 2.24) is 14.5 Å². The molecule has 2 aliphatic rings. The fourth-order valence-corrected chi connectivity index (χ4v) is 4.91. The number of pyridine rings is 1. The molecule has 3 aromatic rings. The average Bonchev–Trinajstić information content (AvgIpc) is 3.17. The number of nitrogens with one attached hydrogen (secondary N) is 1. The Kier molecular flexibility index (Phi) is 4.33. The van der Waals surface area contributed by atoms with Gasteiger partial charge in [-0.1, -0.05) is 0 Å². The first kappa shape index (κ1) is 17.3. The summed E-state index contributed by atoms with van der Waals surface area (Å²) in [5.74, 6) is 2.31. The molecule has 2 aliphatic heterocycles. The summed E-state index contributed by atoms with van der Waals surface area (Å²) in [4.78, 5) is 22.3. The van der Waals surface area contributed by atoms with Gasteiger partial charge < -0.3 is 19.0 Å². The van der Waals surface area contributed by atoms with Gasteiger partial charge in [0.1, 0.15) is 25.2 Å². The van der Waals surface area contributed by atoms with Gasteiger partial charge in [-0.15, -0.1) is 0 Å². The zero-order chi connectivity index (χ0) is 19.1. The summed E-state index contributed by atoms with van der Waals surface area (Å²) in [6.45, 7) is 3.47. The molecule has 0 saturated carbocycles. The minimum absolute atomic E-state index is 0.0701. The molecule has 7 nitrogen and oxygen atoms in total. The van der Waals surface area contributed by atoms with Crippen LogP contribution in [0, 0.1) is 5.92 Å². The third-order valence-electron chi connectivity index (χ3n) is 5.95. The average molecular weight is 379 g/mol. The molecule has 5 heterocycles. The lowest BCUT2D eigenvalue weighted by Crippen LogP contribution is -3.13. The molecule has 0 radical (unpaired) electrons. The molecular formula is C21H23N4O3+. The number of hydrogen-bond acceptors (Lipinski definition) is 5. The Bertz CT molecular complexity index is 1040. The number of fused-ring (bicyclic) bond motifs is 4. The fraction of sp³-hybridized carbons (Fsp3) is 0.381. The molecule has 1 saturated heterocycles. The molecule has 3 aromatic heterocycles. The number of piperidine rings is 1. The number of rotatable bonds is 4. The van der Waals surface area contributed by atoms with Crippen LogP contribution in [0.3, 0.4) is 0 Å². The Balaban J connectivity index is 1.48. The molecule has 2 N–H and O–H groups in total. The van der Waals surface area contributed by atoms with Crippen molar-refractivity contribution >= 4 is 0 Å². The van der Waals surface area contributed by atoms with Crippen LogP contribution in [0.1, 0.15) is 29.6 Å². The van der Waals surface area contributed by atoms with Crippen LogP contribution in [-0.2, 0) is 19.7 Å². The molecule has 2 bridgehead atoms. The molecule has 0 aromatic carbocycles. The van der Waals surface area contributed by atoms with Crippen molar-refractivity contribution in [1.29, 1.82) is 0 Å². The highest BCUT2D eigenvalue weighted by Crippen LogP contribution is 2.36. The molecule has 5 rings (SSSR count). The summed E-state index contributed by atoms with van der Waals surface area (Å²) in [7, 11) is 0. The van der Waals surface area contributed by atoms with Gasteiger partial charge in [0.2, 0.25) is 0 Å². The first-order chi connectivity index (χ1) is 13.7. The van der Waals surface area contributed by atoms with Crippen LogP contribution in [0.2, 0.25) is 0 Å². The van der Waals surface area contributed by atoms with E-state index >= 15 is 0 Å². The number of hydrogen-bond donors (Lipinski definition) is 2. The van der Waals surface area contributed by atoms with Crippen LogP contribution in [-0.4, -0.2) is 32.7 Å². The van der Waals surface area contributed by atoms with Crippen molar-refractivity contribution in [3.05, 3.63) is 70.6 Å². The summed E-state index contributed by atoms with van der Waals surface area (Å²) in [5.41, 5.74) is 3.21. The SMILES string of the molecule is O=c1ccc(-c2cncnc2)c2n1C[C@H]1C[C@@H]2C[NH+](Cc2ccc(CO)o2)C1. The fourth-order valence-electron chi connectivity index (χ4n) is 4.91. The van der Waals surface area contributed by atoms with Gasteiger partial charge in [-0.05, 0) is 24.6 Å². The maximum absolute atomic E-state index is 12.6. The summed E-state index contributed by atoms with van der Waals surface area (Å²) in [6.07, 6.45) is 6.25. The van der Waals surface area contributed by atoms with E-state index in [2.05, 4.69) is 9.97 Å². The quantitative estimate of drug-likeness (QED) is 0.693. The molecule has 144 valence electrons. The smallest absolute Gasteiger partial charge is 0.250 e. The lowest BCUT2D eigenvalue weighted by atomic mass is 9.80. The molecule has 1 unspecified atom stereocenters. The van der Waals surface area contributed by atoms with Crippen molar-refractivity contribution < 1.29 is 14.4 Å². The molecule has 0 amide bonds. The minimum Gasteiger partial charge on any atom is -0.458 e. The van der Waals surface area contributed by atoms with Gasteiger partial charge >= 0.3 is 0 Å². The zero-order valence-electron chi connectivity index (χ0n) is 15.5. The second-order valence-electron chi connectivity index (χ2n) is 7.87. The van der Waals surface area contributed by atoms with E-state index in [4.69, 9.17) is 4.42 Å². The third-order valence-corrected chi connectivity index (χ3v) is 5.95. The first-order valence-corrected chi connectivity index (χ1v) is 9.72. The minimum atomic E-state index is -0.0701. The summed E-state index contributed by atoms with van der Waals surface area (Å²) in [5, 5.41) is 9.22. The lowest BCUT2D eigenvalue weighted by molar-refractivity contribution is -0.925. The van der Waals surface area contributed by atoms with Crippen LogP contribution in [0.5, 0.6) is 0 Å². The first-order valence-electron chi connectivity index (χ1n) is 9.72. The maximum Gasteiger partial charge on any atom is 0.250 e. The van der Waals surface area contributed by atoms with Gasteiger partial charge in [-0.25, -0.2) is 9.97 Å². The Hall–Kier alpha value is -2.77. The number of likely N-dealkylation sites (tertiary alicyclic amines) is 1. The van der Waals surface area contributed by atoms with Crippen LogP contribution < -0.4 is 10.5 Å². The van der Waals surface area contributed by atoms with E-state index in [1.807, 2.05) is 35.2 Å². The molecule has 7 heteroatoms. The number of aliphatic hydroxyl groups excluding tert-OH is 1. The third kappa shape index (κ3) is 3.06. The van der Waals surface area contributed by atoms with Crippen molar-refractivity contribution in [2.75, 3.05) is 13.1 Å². The van der Waals surface area contributed by atoms with E-state index in [9.17, 15) is 9.90 Å². The largest absolute Gasteiger partial charge is 0.458 e. The van der Waals surface area contributed by atoms with E-state index in [0.29, 0.717) is 17.6 Å². The van der Waals surface area contributed by atoms with E-state index in [1.165, 1.54) is 11.2 Å².